The van der Waals surface area contributed by atoms with Crippen LogP contribution >= 0.6 is 0 Å². The molecule has 1 aromatic carbocycles. The fraction of sp³-hybridized carbons (Fsp3) is 0.467. The summed E-state index contributed by atoms with van der Waals surface area (Å²) < 4.78 is 0. The van der Waals surface area contributed by atoms with E-state index in [1.54, 1.807) is 0 Å². The van der Waals surface area contributed by atoms with Crippen molar-refractivity contribution in [2.24, 2.45) is 0 Å². The van der Waals surface area contributed by atoms with Crippen LogP contribution in [0.15, 0.2) is 36.4 Å². The van der Waals surface area contributed by atoms with Crippen molar-refractivity contribution in [2.45, 2.75) is 33.0 Å². The molecule has 1 aromatic rings. The summed E-state index contributed by atoms with van der Waals surface area (Å²) in [7, 11) is 0. The number of fused-ring (bicyclic) bond motifs is 1. The monoisotopic (exact) mass is 230 g/mol. The molecule has 17 heavy (non-hydrogen) atoms. The van der Waals surface area contributed by atoms with E-state index < -0.39 is 0 Å². The molecule has 0 radical (unpaired) electrons. The summed E-state index contributed by atoms with van der Waals surface area (Å²) in [6.07, 6.45) is 0. The summed E-state index contributed by atoms with van der Waals surface area (Å²) in [5.74, 6) is 0. The van der Waals surface area contributed by atoms with Gasteiger partial charge in [0.05, 0.1) is 0 Å². The molecule has 0 aliphatic carbocycles. The van der Waals surface area contributed by atoms with Crippen LogP contribution in [0.2, 0.25) is 0 Å². The number of benzene rings is 1. The second-order valence-electron chi connectivity index (χ2n) is 5.20. The van der Waals surface area contributed by atoms with Gasteiger partial charge in [-0.3, -0.25) is 4.90 Å². The fourth-order valence-corrected chi connectivity index (χ4v) is 2.24. The van der Waals surface area contributed by atoms with Crippen LogP contribution in [0.1, 0.15) is 25.0 Å². The largest absolute Gasteiger partial charge is 0.311 e. The predicted octanol–water partition coefficient (Wildman–Crippen LogP) is 2.56. The van der Waals surface area contributed by atoms with Gasteiger partial charge >= 0.3 is 0 Å². The van der Waals surface area contributed by atoms with Gasteiger partial charge < -0.3 is 5.32 Å². The van der Waals surface area contributed by atoms with Gasteiger partial charge in [0.15, 0.2) is 0 Å². The Kier molecular flexibility index (Phi) is 3.97. The normalized spacial score (nSPS) is 15.2. The van der Waals surface area contributed by atoms with E-state index >= 15 is 0 Å². The summed E-state index contributed by atoms with van der Waals surface area (Å²) in [5.41, 5.74) is 4.21. The molecule has 1 heterocycles. The van der Waals surface area contributed by atoms with Crippen LogP contribution in [0.3, 0.4) is 0 Å². The highest BCUT2D eigenvalue weighted by Crippen LogP contribution is 2.22. The Bertz CT molecular complexity index is 371. The van der Waals surface area contributed by atoms with Crippen LogP contribution < -0.4 is 5.32 Å². The van der Waals surface area contributed by atoms with Crippen LogP contribution in [0, 0.1) is 0 Å². The minimum Gasteiger partial charge on any atom is -0.311 e. The maximum atomic E-state index is 4.15. The molecule has 0 amide bonds. The maximum absolute atomic E-state index is 4.15. The Morgan fingerprint density at radius 2 is 1.88 bits per heavy atom. The van der Waals surface area contributed by atoms with Crippen molar-refractivity contribution in [1.29, 1.82) is 0 Å². The van der Waals surface area contributed by atoms with Crippen molar-refractivity contribution in [3.63, 3.8) is 0 Å². The topological polar surface area (TPSA) is 15.3 Å². The van der Waals surface area contributed by atoms with Gasteiger partial charge in [-0.25, -0.2) is 0 Å². The Labute approximate surface area is 104 Å². The van der Waals surface area contributed by atoms with E-state index in [4.69, 9.17) is 0 Å². The molecule has 2 nitrogen and oxygen atoms in total. The van der Waals surface area contributed by atoms with Crippen molar-refractivity contribution < 1.29 is 0 Å². The SMILES string of the molecule is C=C(CNC(C)C)CN1Cc2ccccc2C1. The lowest BCUT2D eigenvalue weighted by Gasteiger charge is -2.17. The summed E-state index contributed by atoms with van der Waals surface area (Å²) in [6, 6.07) is 9.23. The van der Waals surface area contributed by atoms with Gasteiger partial charge in [-0.15, -0.1) is 0 Å². The Hall–Kier alpha value is -1.12. The molecule has 92 valence electrons. The summed E-state index contributed by atoms with van der Waals surface area (Å²) in [4.78, 5) is 2.45. The standard InChI is InChI=1S/C15H22N2/c1-12(2)16-8-13(3)9-17-10-14-6-4-5-7-15(14)11-17/h4-7,12,16H,3,8-11H2,1-2H3. The number of hydrogen-bond donors (Lipinski definition) is 1. The van der Waals surface area contributed by atoms with Crippen LogP contribution in [0.25, 0.3) is 0 Å². The highest BCUT2D eigenvalue weighted by Gasteiger charge is 2.18. The second kappa shape index (κ2) is 5.48. The minimum absolute atomic E-state index is 0.530. The van der Waals surface area contributed by atoms with Crippen molar-refractivity contribution in [2.75, 3.05) is 13.1 Å². The molecule has 0 fully saturated rings. The Balaban J connectivity index is 1.81. The highest BCUT2D eigenvalue weighted by molar-refractivity contribution is 5.30. The van der Waals surface area contributed by atoms with E-state index in [9.17, 15) is 0 Å². The molecule has 0 saturated heterocycles. The third kappa shape index (κ3) is 3.42. The molecule has 0 bridgehead atoms. The van der Waals surface area contributed by atoms with Crippen LogP contribution in [-0.4, -0.2) is 24.0 Å². The summed E-state index contributed by atoms with van der Waals surface area (Å²) in [5, 5.41) is 3.41. The third-order valence-corrected chi connectivity index (χ3v) is 3.11. The van der Waals surface area contributed by atoms with Crippen molar-refractivity contribution in [1.82, 2.24) is 10.2 Å². The molecule has 0 atom stereocenters. The minimum atomic E-state index is 0.530. The zero-order valence-electron chi connectivity index (χ0n) is 10.9. The molecule has 0 aromatic heterocycles. The zero-order valence-corrected chi connectivity index (χ0v) is 10.9. The molecule has 2 rings (SSSR count). The van der Waals surface area contributed by atoms with Crippen molar-refractivity contribution in [3.8, 4) is 0 Å². The van der Waals surface area contributed by atoms with Gasteiger partial charge in [0, 0.05) is 32.2 Å². The van der Waals surface area contributed by atoms with Crippen molar-refractivity contribution >= 4 is 0 Å². The average Bonchev–Trinajstić information content (AvgIpc) is 2.68. The van der Waals surface area contributed by atoms with E-state index in [1.165, 1.54) is 16.7 Å². The van der Waals surface area contributed by atoms with Gasteiger partial charge in [-0.1, -0.05) is 44.7 Å². The quantitative estimate of drug-likeness (QED) is 0.782. The molecule has 0 spiro atoms. The Morgan fingerprint density at radius 3 is 2.41 bits per heavy atom. The van der Waals surface area contributed by atoms with E-state index in [2.05, 4.69) is 54.9 Å². The maximum Gasteiger partial charge on any atom is 0.0243 e. The van der Waals surface area contributed by atoms with Gasteiger partial charge in [-0.05, 0) is 16.7 Å². The molecular formula is C15H22N2. The smallest absolute Gasteiger partial charge is 0.0243 e. The average molecular weight is 230 g/mol. The third-order valence-electron chi connectivity index (χ3n) is 3.11. The lowest BCUT2D eigenvalue weighted by molar-refractivity contribution is 0.306. The van der Waals surface area contributed by atoms with Crippen molar-refractivity contribution in [3.05, 3.63) is 47.5 Å². The summed E-state index contributed by atoms with van der Waals surface area (Å²) in [6.45, 7) is 12.5. The lowest BCUT2D eigenvalue weighted by Crippen LogP contribution is -2.29. The van der Waals surface area contributed by atoms with Gasteiger partial charge in [-0.2, -0.15) is 0 Å². The molecule has 1 N–H and O–H groups in total. The number of rotatable bonds is 5. The van der Waals surface area contributed by atoms with E-state index in [-0.39, 0.29) is 0 Å². The first-order valence-corrected chi connectivity index (χ1v) is 6.34. The number of nitrogens with one attached hydrogen (secondary N) is 1. The van der Waals surface area contributed by atoms with Crippen LogP contribution in [0.5, 0.6) is 0 Å². The predicted molar refractivity (Wildman–Crippen MR) is 72.8 cm³/mol. The number of hydrogen-bond acceptors (Lipinski definition) is 2. The highest BCUT2D eigenvalue weighted by atomic mass is 15.1. The number of nitrogens with zero attached hydrogens (tertiary/aromatic N) is 1. The molecule has 0 saturated carbocycles. The van der Waals surface area contributed by atoms with E-state index in [1.807, 2.05) is 0 Å². The summed E-state index contributed by atoms with van der Waals surface area (Å²) >= 11 is 0. The van der Waals surface area contributed by atoms with Gasteiger partial charge in [0.2, 0.25) is 0 Å². The van der Waals surface area contributed by atoms with E-state index in [0.717, 1.165) is 26.2 Å². The lowest BCUT2D eigenvalue weighted by atomic mass is 10.1. The Morgan fingerprint density at radius 1 is 1.29 bits per heavy atom. The molecule has 0 unspecified atom stereocenters. The first-order chi connectivity index (χ1) is 8.15. The van der Waals surface area contributed by atoms with Gasteiger partial charge in [0.25, 0.3) is 0 Å². The molecule has 1 aliphatic rings. The zero-order chi connectivity index (χ0) is 12.3. The molecule has 2 heteroatoms. The fourth-order valence-electron chi connectivity index (χ4n) is 2.24. The first-order valence-electron chi connectivity index (χ1n) is 6.34. The van der Waals surface area contributed by atoms with Crippen LogP contribution in [0.4, 0.5) is 0 Å². The molecule has 1 aliphatic heterocycles. The van der Waals surface area contributed by atoms with E-state index in [0.29, 0.717) is 6.04 Å². The molecular weight excluding hydrogens is 208 g/mol. The van der Waals surface area contributed by atoms with Gasteiger partial charge in [0.1, 0.15) is 0 Å². The second-order valence-corrected chi connectivity index (χ2v) is 5.20. The van der Waals surface area contributed by atoms with Crippen LogP contribution in [-0.2, 0) is 13.1 Å². The first kappa shape index (κ1) is 12.3.